The van der Waals surface area contributed by atoms with Gasteiger partial charge in [-0.3, -0.25) is 9.67 Å². The first-order valence-corrected chi connectivity index (χ1v) is 5.30. The third kappa shape index (κ3) is 2.22. The van der Waals surface area contributed by atoms with E-state index in [2.05, 4.69) is 10.1 Å². The molecule has 0 saturated heterocycles. The second kappa shape index (κ2) is 4.86. The Bertz CT molecular complexity index is 508. The number of aromatic nitrogens is 3. The molecule has 0 aromatic carbocycles. The van der Waals surface area contributed by atoms with Crippen molar-refractivity contribution in [2.24, 2.45) is 0 Å². The van der Waals surface area contributed by atoms with Crippen LogP contribution in [0.3, 0.4) is 0 Å². The molecule has 0 fully saturated rings. The van der Waals surface area contributed by atoms with Gasteiger partial charge in [-0.1, -0.05) is 0 Å². The Balaban J connectivity index is 2.36. The Kier molecular flexibility index (Phi) is 3.27. The highest BCUT2D eigenvalue weighted by Gasteiger charge is 2.12. The van der Waals surface area contributed by atoms with Crippen LogP contribution in [0.15, 0.2) is 24.5 Å². The van der Waals surface area contributed by atoms with E-state index in [0.717, 1.165) is 11.4 Å². The molecule has 0 N–H and O–H groups in total. The summed E-state index contributed by atoms with van der Waals surface area (Å²) in [6.07, 6.45) is 3.47. The second-order valence-electron chi connectivity index (χ2n) is 3.62. The maximum absolute atomic E-state index is 5.33. The number of hydrogen-bond acceptors (Lipinski definition) is 4. The number of methoxy groups -OCH3 is 2. The van der Waals surface area contributed by atoms with Crippen molar-refractivity contribution in [3.63, 3.8) is 0 Å². The monoisotopic (exact) mass is 233 g/mol. The molecule has 0 aliphatic heterocycles. The lowest BCUT2D eigenvalue weighted by molar-refractivity contribution is 0.348. The smallest absolute Gasteiger partial charge is 0.184 e. The van der Waals surface area contributed by atoms with Crippen LogP contribution in [0.25, 0.3) is 0 Å². The highest BCUT2D eigenvalue weighted by atomic mass is 16.5. The molecule has 0 bridgehead atoms. The van der Waals surface area contributed by atoms with Crippen LogP contribution in [0.2, 0.25) is 0 Å². The zero-order valence-electron chi connectivity index (χ0n) is 10.2. The third-order valence-corrected chi connectivity index (χ3v) is 2.59. The van der Waals surface area contributed by atoms with Crippen LogP contribution < -0.4 is 9.47 Å². The van der Waals surface area contributed by atoms with Crippen molar-refractivity contribution in [3.05, 3.63) is 35.9 Å². The summed E-state index contributed by atoms with van der Waals surface area (Å²) in [7, 11) is 3.22. The number of ether oxygens (including phenoxy) is 2. The number of hydrogen-bond donors (Lipinski definition) is 0. The van der Waals surface area contributed by atoms with Crippen LogP contribution in [0, 0.1) is 6.92 Å². The van der Waals surface area contributed by atoms with Gasteiger partial charge in [0.2, 0.25) is 0 Å². The molecule has 0 unspecified atom stereocenters. The minimum atomic E-state index is 0.569. The highest BCUT2D eigenvalue weighted by Crippen LogP contribution is 2.29. The molecule has 0 spiro atoms. The zero-order valence-corrected chi connectivity index (χ0v) is 10.2. The van der Waals surface area contributed by atoms with Crippen molar-refractivity contribution in [1.29, 1.82) is 0 Å². The molecule has 0 radical (unpaired) electrons. The summed E-state index contributed by atoms with van der Waals surface area (Å²) < 4.78 is 12.4. The molecule has 5 heteroatoms. The summed E-state index contributed by atoms with van der Waals surface area (Å²) in [6, 6.07) is 3.73. The Labute approximate surface area is 100 Å². The van der Waals surface area contributed by atoms with E-state index in [1.165, 1.54) is 0 Å². The van der Waals surface area contributed by atoms with E-state index in [1.807, 2.05) is 17.7 Å². The Morgan fingerprint density at radius 2 is 2.00 bits per heavy atom. The van der Waals surface area contributed by atoms with Gasteiger partial charge >= 0.3 is 0 Å². The van der Waals surface area contributed by atoms with Gasteiger partial charge in [0, 0.05) is 24.2 Å². The van der Waals surface area contributed by atoms with Crippen LogP contribution in [0.4, 0.5) is 0 Å². The molecular formula is C12H15N3O2. The Hall–Kier alpha value is -2.04. The van der Waals surface area contributed by atoms with Crippen molar-refractivity contribution in [1.82, 2.24) is 14.8 Å². The SMILES string of the molecule is COc1ccnc(Cn2nccc2C)c1OC. The van der Waals surface area contributed by atoms with Gasteiger partial charge in [-0.2, -0.15) is 5.10 Å². The minimum Gasteiger partial charge on any atom is -0.493 e. The van der Waals surface area contributed by atoms with Gasteiger partial charge in [0.15, 0.2) is 11.5 Å². The molecule has 5 nitrogen and oxygen atoms in total. The van der Waals surface area contributed by atoms with Crippen LogP contribution in [-0.2, 0) is 6.54 Å². The topological polar surface area (TPSA) is 49.2 Å². The summed E-state index contributed by atoms with van der Waals surface area (Å²) >= 11 is 0. The third-order valence-electron chi connectivity index (χ3n) is 2.59. The molecule has 2 aromatic heterocycles. The maximum Gasteiger partial charge on any atom is 0.184 e. The average molecular weight is 233 g/mol. The molecule has 2 heterocycles. The van der Waals surface area contributed by atoms with Gasteiger partial charge in [0.05, 0.1) is 20.8 Å². The van der Waals surface area contributed by atoms with Gasteiger partial charge in [-0.25, -0.2) is 0 Å². The van der Waals surface area contributed by atoms with Gasteiger partial charge < -0.3 is 9.47 Å². The van der Waals surface area contributed by atoms with Crippen molar-refractivity contribution < 1.29 is 9.47 Å². The minimum absolute atomic E-state index is 0.569. The first-order chi connectivity index (χ1) is 8.26. The van der Waals surface area contributed by atoms with Gasteiger partial charge in [0.25, 0.3) is 0 Å². The molecule has 0 amide bonds. The maximum atomic E-state index is 5.33. The van der Waals surface area contributed by atoms with Crippen molar-refractivity contribution >= 4 is 0 Å². The number of aryl methyl sites for hydroxylation is 1. The van der Waals surface area contributed by atoms with Crippen LogP contribution in [0.1, 0.15) is 11.4 Å². The second-order valence-corrected chi connectivity index (χ2v) is 3.62. The first-order valence-electron chi connectivity index (χ1n) is 5.30. The molecule has 0 aliphatic carbocycles. The number of pyridine rings is 1. The highest BCUT2D eigenvalue weighted by molar-refractivity contribution is 5.42. The lowest BCUT2D eigenvalue weighted by atomic mass is 10.3. The van der Waals surface area contributed by atoms with Gasteiger partial charge in [-0.15, -0.1) is 0 Å². The predicted octanol–water partition coefficient (Wildman–Crippen LogP) is 1.65. The summed E-state index contributed by atoms with van der Waals surface area (Å²) in [6.45, 7) is 2.57. The molecule has 17 heavy (non-hydrogen) atoms. The lowest BCUT2D eigenvalue weighted by Crippen LogP contribution is -2.07. The van der Waals surface area contributed by atoms with Gasteiger partial charge in [-0.05, 0) is 13.0 Å². The van der Waals surface area contributed by atoms with Crippen molar-refractivity contribution in [3.8, 4) is 11.5 Å². The quantitative estimate of drug-likeness (QED) is 0.805. The fourth-order valence-corrected chi connectivity index (χ4v) is 1.67. The van der Waals surface area contributed by atoms with Crippen LogP contribution in [-0.4, -0.2) is 29.0 Å². The van der Waals surface area contributed by atoms with Crippen LogP contribution in [0.5, 0.6) is 11.5 Å². The number of rotatable bonds is 4. The predicted molar refractivity (Wildman–Crippen MR) is 63.4 cm³/mol. The van der Waals surface area contributed by atoms with Crippen LogP contribution >= 0.6 is 0 Å². The fourth-order valence-electron chi connectivity index (χ4n) is 1.67. The molecular weight excluding hydrogens is 218 g/mol. The Morgan fingerprint density at radius 3 is 2.59 bits per heavy atom. The lowest BCUT2D eigenvalue weighted by Gasteiger charge is -2.12. The standard InChI is InChI=1S/C12H15N3O2/c1-9-4-7-14-15(9)8-10-12(17-3)11(16-2)5-6-13-10/h4-7H,8H2,1-3H3. The van der Waals surface area contributed by atoms with E-state index >= 15 is 0 Å². The first kappa shape index (κ1) is 11.4. The molecule has 2 aromatic rings. The summed E-state index contributed by atoms with van der Waals surface area (Å²) in [4.78, 5) is 4.31. The van der Waals surface area contributed by atoms with E-state index < -0.39 is 0 Å². The summed E-state index contributed by atoms with van der Waals surface area (Å²) in [5.74, 6) is 1.34. The summed E-state index contributed by atoms with van der Waals surface area (Å²) in [5, 5.41) is 4.22. The zero-order chi connectivity index (χ0) is 12.3. The van der Waals surface area contributed by atoms with E-state index in [0.29, 0.717) is 18.0 Å². The molecule has 0 atom stereocenters. The average Bonchev–Trinajstić information content (AvgIpc) is 2.74. The normalized spacial score (nSPS) is 10.3. The number of nitrogens with zero attached hydrogens (tertiary/aromatic N) is 3. The molecule has 90 valence electrons. The van der Waals surface area contributed by atoms with Gasteiger partial charge in [0.1, 0.15) is 5.69 Å². The largest absolute Gasteiger partial charge is 0.493 e. The van der Waals surface area contributed by atoms with Crippen molar-refractivity contribution in [2.45, 2.75) is 13.5 Å². The molecule has 0 saturated carbocycles. The van der Waals surface area contributed by atoms with E-state index in [-0.39, 0.29) is 0 Å². The molecule has 2 rings (SSSR count). The molecule has 0 aliphatic rings. The Morgan fingerprint density at radius 1 is 1.18 bits per heavy atom. The van der Waals surface area contributed by atoms with Crippen molar-refractivity contribution in [2.75, 3.05) is 14.2 Å². The van der Waals surface area contributed by atoms with E-state index in [1.54, 1.807) is 32.7 Å². The fraction of sp³-hybridized carbons (Fsp3) is 0.333. The van der Waals surface area contributed by atoms with E-state index in [9.17, 15) is 0 Å². The summed E-state index contributed by atoms with van der Waals surface area (Å²) in [5.41, 5.74) is 1.88. The van der Waals surface area contributed by atoms with E-state index in [4.69, 9.17) is 9.47 Å².